The highest BCUT2D eigenvalue weighted by atomic mass is 16.5. The van der Waals surface area contributed by atoms with E-state index in [0.29, 0.717) is 22.6 Å². The van der Waals surface area contributed by atoms with Gasteiger partial charge in [0, 0.05) is 23.1 Å². The summed E-state index contributed by atoms with van der Waals surface area (Å²) in [5.41, 5.74) is -0.0718. The zero-order valence-electron chi connectivity index (χ0n) is 20.1. The Balaban J connectivity index is 1.79. The molecule has 3 aromatic carbocycles. The van der Waals surface area contributed by atoms with Gasteiger partial charge in [0.1, 0.15) is 29.1 Å². The number of aromatic hydroxyl groups is 4. The number of carbonyl (C=O) groups is 1. The highest BCUT2D eigenvalue weighted by Gasteiger charge is 2.35. The first kappa shape index (κ1) is 24.6. The lowest BCUT2D eigenvalue weighted by molar-refractivity contribution is -0.135. The van der Waals surface area contributed by atoms with Gasteiger partial charge in [-0.2, -0.15) is 0 Å². The van der Waals surface area contributed by atoms with E-state index in [1.165, 1.54) is 19.2 Å². The molecule has 1 aromatic heterocycles. The third-order valence-electron chi connectivity index (χ3n) is 6.25. The van der Waals surface area contributed by atoms with E-state index in [4.69, 9.17) is 18.6 Å². The molecule has 10 heteroatoms. The van der Waals surface area contributed by atoms with E-state index in [9.17, 15) is 30.0 Å². The Labute approximate surface area is 215 Å². The molecule has 4 N–H and O–H groups in total. The molecule has 0 amide bonds. The van der Waals surface area contributed by atoms with Crippen molar-refractivity contribution in [2.45, 2.75) is 12.3 Å². The second kappa shape index (κ2) is 9.40. The van der Waals surface area contributed by atoms with Crippen LogP contribution in [0, 0.1) is 0 Å². The maximum atomic E-state index is 13.2. The summed E-state index contributed by atoms with van der Waals surface area (Å²) in [4.78, 5) is 25.8. The fourth-order valence-corrected chi connectivity index (χ4v) is 4.50. The number of phenolic OH excluding ortho intramolecular Hbond substituents is 3. The number of rotatable bonds is 6. The normalized spacial score (nSPS) is 14.6. The summed E-state index contributed by atoms with van der Waals surface area (Å²) < 4.78 is 22.5. The van der Waals surface area contributed by atoms with E-state index < -0.39 is 40.3 Å². The number of hydrogen-bond acceptors (Lipinski definition) is 10. The second-order valence-corrected chi connectivity index (χ2v) is 8.56. The molecule has 4 aromatic rings. The van der Waals surface area contributed by atoms with E-state index in [1.54, 1.807) is 24.3 Å². The molecule has 5 rings (SSSR count). The van der Waals surface area contributed by atoms with Crippen LogP contribution < -0.4 is 19.6 Å². The van der Waals surface area contributed by atoms with Gasteiger partial charge in [0.25, 0.3) is 0 Å². The molecule has 1 atom stereocenters. The summed E-state index contributed by atoms with van der Waals surface area (Å²) in [5, 5.41) is 40.6. The van der Waals surface area contributed by atoms with Crippen LogP contribution in [0.2, 0.25) is 0 Å². The SMILES string of the molecule is C=CCOc1cc(C2CC(=O)Oc3cc(O)c4c(=O)c(O)c(-c5ccc(O)c(O)c5)oc4c32)ccc1OC. The zero-order chi connectivity index (χ0) is 27.1. The third-order valence-corrected chi connectivity index (χ3v) is 6.25. The van der Waals surface area contributed by atoms with Crippen LogP contribution in [0.15, 0.2) is 64.3 Å². The number of methoxy groups -OCH3 is 1. The van der Waals surface area contributed by atoms with Gasteiger partial charge in [-0.1, -0.05) is 18.7 Å². The van der Waals surface area contributed by atoms with E-state index in [2.05, 4.69) is 6.58 Å². The first-order valence-electron chi connectivity index (χ1n) is 11.4. The molecular weight excluding hydrogens is 496 g/mol. The van der Waals surface area contributed by atoms with Crippen LogP contribution in [0.3, 0.4) is 0 Å². The number of phenols is 3. The van der Waals surface area contributed by atoms with E-state index in [1.807, 2.05) is 0 Å². The Hall–Kier alpha value is -5.12. The summed E-state index contributed by atoms with van der Waals surface area (Å²) in [5.74, 6) is -3.03. The van der Waals surface area contributed by atoms with Crippen molar-refractivity contribution in [2.75, 3.05) is 13.7 Å². The van der Waals surface area contributed by atoms with E-state index in [-0.39, 0.29) is 41.1 Å². The van der Waals surface area contributed by atoms with E-state index in [0.717, 1.165) is 12.1 Å². The predicted molar refractivity (Wildman–Crippen MR) is 135 cm³/mol. The van der Waals surface area contributed by atoms with Crippen molar-refractivity contribution in [1.82, 2.24) is 0 Å². The smallest absolute Gasteiger partial charge is 0.312 e. The Kier molecular flexibility index (Phi) is 6.08. The average molecular weight is 518 g/mol. The lowest BCUT2D eigenvalue weighted by Gasteiger charge is -2.26. The number of esters is 1. The van der Waals surface area contributed by atoms with Gasteiger partial charge in [-0.15, -0.1) is 0 Å². The monoisotopic (exact) mass is 518 g/mol. The van der Waals surface area contributed by atoms with Gasteiger partial charge in [0.15, 0.2) is 28.8 Å². The number of ether oxygens (including phenoxy) is 3. The summed E-state index contributed by atoms with van der Waals surface area (Å²) in [6, 6.07) is 9.82. The predicted octanol–water partition coefficient (Wildman–Crippen LogP) is 4.30. The van der Waals surface area contributed by atoms with Gasteiger partial charge in [0.2, 0.25) is 11.2 Å². The van der Waals surface area contributed by atoms with Crippen molar-refractivity contribution < 1.29 is 43.8 Å². The van der Waals surface area contributed by atoms with Gasteiger partial charge in [-0.25, -0.2) is 0 Å². The third kappa shape index (κ3) is 4.01. The highest BCUT2D eigenvalue weighted by Crippen LogP contribution is 2.48. The summed E-state index contributed by atoms with van der Waals surface area (Å²) in [6.45, 7) is 3.85. The number of benzene rings is 3. The summed E-state index contributed by atoms with van der Waals surface area (Å²) in [6.07, 6.45) is 1.44. The Morgan fingerprint density at radius 3 is 2.50 bits per heavy atom. The van der Waals surface area contributed by atoms with Crippen molar-refractivity contribution >= 4 is 16.9 Å². The summed E-state index contributed by atoms with van der Waals surface area (Å²) in [7, 11) is 1.49. The molecule has 0 bridgehead atoms. The van der Waals surface area contributed by atoms with Crippen LogP contribution in [-0.2, 0) is 4.79 Å². The Morgan fingerprint density at radius 2 is 1.79 bits per heavy atom. The lowest BCUT2D eigenvalue weighted by Crippen LogP contribution is -2.22. The van der Waals surface area contributed by atoms with Gasteiger partial charge in [-0.3, -0.25) is 9.59 Å². The lowest BCUT2D eigenvalue weighted by atomic mass is 9.85. The quantitative estimate of drug-likeness (QED) is 0.126. The van der Waals surface area contributed by atoms with Crippen molar-refractivity contribution in [3.8, 4) is 51.6 Å². The standard InChI is InChI=1S/C28H22O10/c1-3-8-36-20-10-13(5-7-19(20)35-2)15-11-22(32)37-21-12-18(31)24-25(33)26(34)27(38-28(24)23(15)21)14-4-6-16(29)17(30)9-14/h3-7,9-10,12,15,29-31,34H,1,8,11H2,2H3. The van der Waals surface area contributed by atoms with Crippen LogP contribution in [-0.4, -0.2) is 40.1 Å². The molecule has 0 aliphatic carbocycles. The molecule has 1 unspecified atom stereocenters. The maximum absolute atomic E-state index is 13.2. The molecular formula is C28H22O10. The van der Waals surface area contributed by atoms with E-state index >= 15 is 0 Å². The van der Waals surface area contributed by atoms with Crippen LogP contribution in [0.4, 0.5) is 0 Å². The van der Waals surface area contributed by atoms with Gasteiger partial charge >= 0.3 is 5.97 Å². The molecule has 1 aliphatic heterocycles. The molecule has 10 nitrogen and oxygen atoms in total. The molecule has 194 valence electrons. The van der Waals surface area contributed by atoms with Crippen LogP contribution >= 0.6 is 0 Å². The zero-order valence-corrected chi connectivity index (χ0v) is 20.1. The van der Waals surface area contributed by atoms with Crippen LogP contribution in [0.25, 0.3) is 22.3 Å². The van der Waals surface area contributed by atoms with Crippen molar-refractivity contribution in [3.63, 3.8) is 0 Å². The largest absolute Gasteiger partial charge is 0.507 e. The number of fused-ring (bicyclic) bond motifs is 3. The minimum absolute atomic E-state index is 0.0195. The van der Waals surface area contributed by atoms with Gasteiger partial charge < -0.3 is 39.1 Å². The molecule has 38 heavy (non-hydrogen) atoms. The molecule has 0 fully saturated rings. The van der Waals surface area contributed by atoms with Crippen molar-refractivity contribution in [2.24, 2.45) is 0 Å². The number of carbonyl (C=O) groups excluding carboxylic acids is 1. The van der Waals surface area contributed by atoms with Crippen LogP contribution in [0.5, 0.6) is 40.2 Å². The highest BCUT2D eigenvalue weighted by molar-refractivity contribution is 5.94. The first-order chi connectivity index (χ1) is 18.2. The average Bonchev–Trinajstić information content (AvgIpc) is 2.90. The second-order valence-electron chi connectivity index (χ2n) is 8.56. The first-order valence-corrected chi connectivity index (χ1v) is 11.4. The maximum Gasteiger partial charge on any atom is 0.312 e. The van der Waals surface area contributed by atoms with Crippen LogP contribution in [0.1, 0.15) is 23.5 Å². The fourth-order valence-electron chi connectivity index (χ4n) is 4.50. The number of hydrogen-bond donors (Lipinski definition) is 4. The molecule has 0 saturated carbocycles. The van der Waals surface area contributed by atoms with Crippen molar-refractivity contribution in [1.29, 1.82) is 0 Å². The minimum atomic E-state index is -0.936. The van der Waals surface area contributed by atoms with Gasteiger partial charge in [0.05, 0.1) is 13.5 Å². The molecule has 0 radical (unpaired) electrons. The fraction of sp³-hybridized carbons (Fsp3) is 0.143. The van der Waals surface area contributed by atoms with Gasteiger partial charge in [-0.05, 0) is 35.9 Å². The minimum Gasteiger partial charge on any atom is -0.507 e. The summed E-state index contributed by atoms with van der Waals surface area (Å²) >= 11 is 0. The Bertz CT molecular complexity index is 1670. The Morgan fingerprint density at radius 1 is 1.00 bits per heavy atom. The molecule has 0 saturated heterocycles. The molecule has 0 spiro atoms. The molecule has 2 heterocycles. The molecule has 1 aliphatic rings. The van der Waals surface area contributed by atoms with Crippen molar-refractivity contribution in [3.05, 3.63) is 76.5 Å². The topological polar surface area (TPSA) is 156 Å².